The Morgan fingerprint density at radius 1 is 1.11 bits per heavy atom. The number of likely N-dealkylation sites (tertiary alicyclic amines) is 1. The van der Waals surface area contributed by atoms with Gasteiger partial charge in [0.1, 0.15) is 0 Å². The average Bonchev–Trinajstić information content (AvgIpc) is 2.65. The average molecular weight is 268 g/mol. The molecular weight excluding hydrogens is 236 g/mol. The summed E-state index contributed by atoms with van der Waals surface area (Å²) in [7, 11) is 1.86. The minimum Gasteiger partial charge on any atom is -0.380 e. The predicted octanol–water partition coefficient (Wildman–Crippen LogP) is 2.66. The van der Waals surface area contributed by atoms with Crippen LogP contribution in [0.5, 0.6) is 0 Å². The van der Waals surface area contributed by atoms with Gasteiger partial charge < -0.3 is 15.0 Å². The lowest BCUT2D eigenvalue weighted by molar-refractivity contribution is 0.0230. The fourth-order valence-corrected chi connectivity index (χ4v) is 3.84. The van der Waals surface area contributed by atoms with Crippen molar-refractivity contribution in [1.82, 2.24) is 10.2 Å². The largest absolute Gasteiger partial charge is 0.380 e. The Hall–Kier alpha value is -0.120. The van der Waals surface area contributed by atoms with E-state index in [1.54, 1.807) is 0 Å². The third-order valence-corrected chi connectivity index (χ3v) is 4.91. The van der Waals surface area contributed by atoms with Crippen molar-refractivity contribution in [3.63, 3.8) is 0 Å². The number of nitrogens with one attached hydrogen (secondary N) is 1. The molecule has 1 heterocycles. The highest BCUT2D eigenvalue weighted by Gasteiger charge is 2.27. The molecule has 0 radical (unpaired) electrons. The Morgan fingerprint density at radius 2 is 1.95 bits per heavy atom. The smallest absolute Gasteiger partial charge is 0.0698 e. The van der Waals surface area contributed by atoms with Crippen LogP contribution in [-0.4, -0.2) is 50.3 Å². The van der Waals surface area contributed by atoms with E-state index in [-0.39, 0.29) is 0 Å². The highest BCUT2D eigenvalue weighted by Crippen LogP contribution is 2.25. The molecule has 0 amide bonds. The molecule has 0 spiro atoms. The maximum absolute atomic E-state index is 5.55. The molecule has 1 saturated carbocycles. The molecule has 2 aliphatic rings. The van der Waals surface area contributed by atoms with Crippen LogP contribution < -0.4 is 5.32 Å². The van der Waals surface area contributed by atoms with Crippen LogP contribution >= 0.6 is 0 Å². The molecule has 3 heteroatoms. The highest BCUT2D eigenvalue weighted by atomic mass is 16.5. The van der Waals surface area contributed by atoms with Crippen molar-refractivity contribution in [2.75, 3.05) is 33.3 Å². The SMILES string of the molecule is CCNC1CCCCCC1CN1CCCC(OC)C1. The number of hydrogen-bond acceptors (Lipinski definition) is 3. The zero-order chi connectivity index (χ0) is 13.5. The van der Waals surface area contributed by atoms with Crippen molar-refractivity contribution in [3.8, 4) is 0 Å². The molecule has 3 unspecified atom stereocenters. The van der Waals surface area contributed by atoms with Gasteiger partial charge in [0.15, 0.2) is 0 Å². The molecule has 0 aromatic carbocycles. The lowest BCUT2D eigenvalue weighted by Gasteiger charge is -2.36. The quantitative estimate of drug-likeness (QED) is 0.776. The molecule has 1 N–H and O–H groups in total. The molecular formula is C16H32N2O. The number of rotatable bonds is 5. The summed E-state index contributed by atoms with van der Waals surface area (Å²) < 4.78 is 5.55. The van der Waals surface area contributed by atoms with E-state index in [2.05, 4.69) is 17.1 Å². The van der Waals surface area contributed by atoms with Crippen molar-refractivity contribution in [3.05, 3.63) is 0 Å². The van der Waals surface area contributed by atoms with E-state index in [1.807, 2.05) is 7.11 Å². The molecule has 0 aromatic heterocycles. The normalized spacial score (nSPS) is 34.1. The first-order chi connectivity index (χ1) is 9.33. The van der Waals surface area contributed by atoms with E-state index >= 15 is 0 Å². The van der Waals surface area contributed by atoms with Crippen molar-refractivity contribution in [1.29, 1.82) is 0 Å². The van der Waals surface area contributed by atoms with Crippen LogP contribution in [-0.2, 0) is 4.74 Å². The third kappa shape index (κ3) is 4.73. The summed E-state index contributed by atoms with van der Waals surface area (Å²) in [6, 6.07) is 0.746. The molecule has 3 atom stereocenters. The monoisotopic (exact) mass is 268 g/mol. The summed E-state index contributed by atoms with van der Waals surface area (Å²) in [5, 5.41) is 3.73. The second-order valence-corrected chi connectivity index (χ2v) is 6.32. The van der Waals surface area contributed by atoms with Gasteiger partial charge >= 0.3 is 0 Å². The third-order valence-electron chi connectivity index (χ3n) is 4.91. The van der Waals surface area contributed by atoms with Gasteiger partial charge in [-0.2, -0.15) is 0 Å². The maximum atomic E-state index is 5.55. The van der Waals surface area contributed by atoms with E-state index in [9.17, 15) is 0 Å². The Balaban J connectivity index is 1.86. The summed E-state index contributed by atoms with van der Waals surface area (Å²) in [5.74, 6) is 0.845. The minimum atomic E-state index is 0.470. The lowest BCUT2D eigenvalue weighted by Crippen LogP contribution is -2.46. The van der Waals surface area contributed by atoms with Crippen molar-refractivity contribution >= 4 is 0 Å². The molecule has 19 heavy (non-hydrogen) atoms. The molecule has 0 bridgehead atoms. The summed E-state index contributed by atoms with van der Waals surface area (Å²) in [5.41, 5.74) is 0. The van der Waals surface area contributed by atoms with Gasteiger partial charge in [0.25, 0.3) is 0 Å². The molecule has 112 valence electrons. The van der Waals surface area contributed by atoms with Crippen LogP contribution in [0.1, 0.15) is 51.9 Å². The summed E-state index contributed by atoms with van der Waals surface area (Å²) in [4.78, 5) is 2.65. The predicted molar refractivity (Wildman–Crippen MR) is 80.5 cm³/mol. The standard InChI is InChI=1S/C16H32N2O/c1-3-17-16-10-6-4-5-8-14(16)12-18-11-7-9-15(13-18)19-2/h14-17H,3-13H2,1-2H3. The second kappa shape index (κ2) is 8.23. The molecule has 1 saturated heterocycles. The summed E-state index contributed by atoms with van der Waals surface area (Å²) in [6.45, 7) is 7.05. The first-order valence-corrected chi connectivity index (χ1v) is 8.32. The molecule has 2 rings (SSSR count). The van der Waals surface area contributed by atoms with Crippen LogP contribution in [0.3, 0.4) is 0 Å². The molecule has 1 aliphatic carbocycles. The number of ether oxygens (including phenoxy) is 1. The maximum Gasteiger partial charge on any atom is 0.0698 e. The van der Waals surface area contributed by atoms with Crippen LogP contribution in [0.2, 0.25) is 0 Å². The molecule has 1 aliphatic heterocycles. The van der Waals surface area contributed by atoms with Crippen LogP contribution in [0.15, 0.2) is 0 Å². The topological polar surface area (TPSA) is 24.5 Å². The Morgan fingerprint density at radius 3 is 2.74 bits per heavy atom. The van der Waals surface area contributed by atoms with Gasteiger partial charge in [-0.05, 0) is 44.7 Å². The highest BCUT2D eigenvalue weighted by molar-refractivity contribution is 4.83. The van der Waals surface area contributed by atoms with Gasteiger partial charge in [-0.25, -0.2) is 0 Å². The van der Waals surface area contributed by atoms with Gasteiger partial charge in [-0.1, -0.05) is 26.2 Å². The van der Waals surface area contributed by atoms with Gasteiger partial charge in [0.2, 0.25) is 0 Å². The Bertz CT molecular complexity index is 247. The Kier molecular flexibility index (Phi) is 6.62. The summed E-state index contributed by atoms with van der Waals surface area (Å²) in [6.07, 6.45) is 10.1. The summed E-state index contributed by atoms with van der Waals surface area (Å²) >= 11 is 0. The molecule has 0 aromatic rings. The number of piperidine rings is 1. The van der Waals surface area contributed by atoms with Crippen molar-refractivity contribution < 1.29 is 4.74 Å². The van der Waals surface area contributed by atoms with E-state index in [0.29, 0.717) is 6.10 Å². The minimum absolute atomic E-state index is 0.470. The zero-order valence-corrected chi connectivity index (χ0v) is 12.9. The number of methoxy groups -OCH3 is 1. The fraction of sp³-hybridized carbons (Fsp3) is 1.00. The molecule has 2 fully saturated rings. The van der Waals surface area contributed by atoms with Crippen molar-refractivity contribution in [2.45, 2.75) is 64.0 Å². The first kappa shape index (κ1) is 15.3. The fourth-order valence-electron chi connectivity index (χ4n) is 3.84. The first-order valence-electron chi connectivity index (χ1n) is 8.32. The van der Waals surface area contributed by atoms with Gasteiger partial charge in [-0.15, -0.1) is 0 Å². The van der Waals surface area contributed by atoms with Gasteiger partial charge in [-0.3, -0.25) is 0 Å². The van der Waals surface area contributed by atoms with Crippen LogP contribution in [0.4, 0.5) is 0 Å². The van der Waals surface area contributed by atoms with E-state index in [0.717, 1.165) is 25.0 Å². The zero-order valence-electron chi connectivity index (χ0n) is 12.9. The molecule has 3 nitrogen and oxygen atoms in total. The van der Waals surface area contributed by atoms with E-state index < -0.39 is 0 Å². The number of hydrogen-bond donors (Lipinski definition) is 1. The lowest BCUT2D eigenvalue weighted by atomic mass is 9.93. The van der Waals surface area contributed by atoms with Gasteiger partial charge in [0.05, 0.1) is 6.10 Å². The second-order valence-electron chi connectivity index (χ2n) is 6.32. The number of nitrogens with zero attached hydrogens (tertiary/aromatic N) is 1. The van der Waals surface area contributed by atoms with E-state index in [4.69, 9.17) is 4.74 Å². The van der Waals surface area contributed by atoms with E-state index in [1.165, 1.54) is 58.0 Å². The van der Waals surface area contributed by atoms with Crippen LogP contribution in [0, 0.1) is 5.92 Å². The van der Waals surface area contributed by atoms with Crippen molar-refractivity contribution in [2.24, 2.45) is 5.92 Å². The Labute approximate surface area is 119 Å². The van der Waals surface area contributed by atoms with Gasteiger partial charge in [0, 0.05) is 26.2 Å². The van der Waals surface area contributed by atoms with Crippen LogP contribution in [0.25, 0.3) is 0 Å².